The summed E-state index contributed by atoms with van der Waals surface area (Å²) in [5.41, 5.74) is 7.77. The second-order valence-electron chi connectivity index (χ2n) is 5.17. The molecule has 2 heterocycles. The third kappa shape index (κ3) is 2.43. The van der Waals surface area contributed by atoms with E-state index in [0.29, 0.717) is 6.54 Å². The standard InChI is InChI=1S/C13H22N6/c1-9(2)19-13(12(14)10(3)16-19)18(5)8-11-15-6-7-17(11)4/h6-7,9H,8,14H2,1-5H3. The smallest absolute Gasteiger partial charge is 0.151 e. The van der Waals surface area contributed by atoms with Crippen LogP contribution in [-0.2, 0) is 13.6 Å². The minimum atomic E-state index is 0.273. The van der Waals surface area contributed by atoms with E-state index in [9.17, 15) is 0 Å². The third-order valence-electron chi connectivity index (χ3n) is 3.26. The molecule has 0 fully saturated rings. The van der Waals surface area contributed by atoms with Crippen molar-refractivity contribution in [3.05, 3.63) is 23.9 Å². The summed E-state index contributed by atoms with van der Waals surface area (Å²) >= 11 is 0. The van der Waals surface area contributed by atoms with Crippen molar-refractivity contribution >= 4 is 11.5 Å². The van der Waals surface area contributed by atoms with Gasteiger partial charge in [0, 0.05) is 32.5 Å². The van der Waals surface area contributed by atoms with Crippen molar-refractivity contribution in [3.8, 4) is 0 Å². The predicted octanol–water partition coefficient (Wildman–Crippen LogP) is 1.72. The number of imidazole rings is 1. The maximum absolute atomic E-state index is 6.16. The monoisotopic (exact) mass is 262 g/mol. The fourth-order valence-corrected chi connectivity index (χ4v) is 2.12. The van der Waals surface area contributed by atoms with Gasteiger partial charge in [-0.15, -0.1) is 0 Å². The molecule has 0 aliphatic carbocycles. The molecule has 0 saturated heterocycles. The molecule has 0 radical (unpaired) electrons. The second-order valence-corrected chi connectivity index (χ2v) is 5.17. The van der Waals surface area contributed by atoms with Crippen molar-refractivity contribution in [3.63, 3.8) is 0 Å². The first-order valence-electron chi connectivity index (χ1n) is 6.43. The van der Waals surface area contributed by atoms with E-state index < -0.39 is 0 Å². The molecule has 0 amide bonds. The fraction of sp³-hybridized carbons (Fsp3) is 0.538. The van der Waals surface area contributed by atoms with Gasteiger partial charge in [0.15, 0.2) is 5.82 Å². The van der Waals surface area contributed by atoms with Gasteiger partial charge in [-0.1, -0.05) is 0 Å². The molecule has 0 aromatic carbocycles. The number of nitrogen functional groups attached to an aromatic ring is 1. The molecule has 0 unspecified atom stereocenters. The molecule has 0 spiro atoms. The van der Waals surface area contributed by atoms with Gasteiger partial charge < -0.3 is 15.2 Å². The van der Waals surface area contributed by atoms with Crippen LogP contribution in [0.15, 0.2) is 12.4 Å². The molecule has 0 saturated carbocycles. The highest BCUT2D eigenvalue weighted by Crippen LogP contribution is 2.29. The summed E-state index contributed by atoms with van der Waals surface area (Å²) in [4.78, 5) is 6.44. The van der Waals surface area contributed by atoms with Gasteiger partial charge in [-0.3, -0.25) is 0 Å². The molecule has 2 aromatic rings. The van der Waals surface area contributed by atoms with E-state index in [0.717, 1.165) is 23.0 Å². The van der Waals surface area contributed by atoms with Crippen LogP contribution in [0.3, 0.4) is 0 Å². The number of hydrogen-bond donors (Lipinski definition) is 1. The van der Waals surface area contributed by atoms with Crippen molar-refractivity contribution in [1.82, 2.24) is 19.3 Å². The lowest BCUT2D eigenvalue weighted by Gasteiger charge is -2.22. The second kappa shape index (κ2) is 4.95. The van der Waals surface area contributed by atoms with E-state index in [4.69, 9.17) is 5.73 Å². The first-order valence-corrected chi connectivity index (χ1v) is 6.43. The summed E-state index contributed by atoms with van der Waals surface area (Å²) in [7, 11) is 4.00. The van der Waals surface area contributed by atoms with Crippen molar-refractivity contribution in [2.75, 3.05) is 17.7 Å². The van der Waals surface area contributed by atoms with Crippen LogP contribution in [0.4, 0.5) is 11.5 Å². The molecular weight excluding hydrogens is 240 g/mol. The van der Waals surface area contributed by atoms with Crippen LogP contribution in [-0.4, -0.2) is 26.4 Å². The van der Waals surface area contributed by atoms with Crippen molar-refractivity contribution < 1.29 is 0 Å². The van der Waals surface area contributed by atoms with Gasteiger partial charge in [0.1, 0.15) is 5.82 Å². The number of nitrogens with zero attached hydrogens (tertiary/aromatic N) is 5. The normalized spacial score (nSPS) is 11.3. The molecule has 0 aliphatic rings. The molecule has 104 valence electrons. The number of aromatic nitrogens is 4. The van der Waals surface area contributed by atoms with Crippen LogP contribution in [0.5, 0.6) is 0 Å². The van der Waals surface area contributed by atoms with E-state index in [1.807, 2.05) is 36.5 Å². The topological polar surface area (TPSA) is 64.9 Å². The summed E-state index contributed by atoms with van der Waals surface area (Å²) in [6.07, 6.45) is 3.75. The average Bonchev–Trinajstić information content (AvgIpc) is 2.85. The number of nitrogens with two attached hydrogens (primary N) is 1. The summed E-state index contributed by atoms with van der Waals surface area (Å²) in [5.74, 6) is 1.95. The Kier molecular flexibility index (Phi) is 3.50. The molecule has 19 heavy (non-hydrogen) atoms. The number of anilines is 2. The van der Waals surface area contributed by atoms with Crippen LogP contribution in [0.2, 0.25) is 0 Å². The van der Waals surface area contributed by atoms with Crippen LogP contribution < -0.4 is 10.6 Å². The minimum absolute atomic E-state index is 0.273. The van der Waals surface area contributed by atoms with E-state index >= 15 is 0 Å². The molecule has 0 bridgehead atoms. The summed E-state index contributed by atoms with van der Waals surface area (Å²) < 4.78 is 3.98. The molecular formula is C13H22N6. The first-order chi connectivity index (χ1) is 8.91. The Balaban J connectivity index is 2.33. The Morgan fingerprint density at radius 1 is 1.42 bits per heavy atom. The lowest BCUT2D eigenvalue weighted by Crippen LogP contribution is -2.23. The maximum Gasteiger partial charge on any atom is 0.151 e. The Labute approximate surface area is 113 Å². The Bertz CT molecular complexity index is 566. The zero-order valence-corrected chi connectivity index (χ0v) is 12.3. The maximum atomic E-state index is 6.16. The van der Waals surface area contributed by atoms with Gasteiger partial charge in [-0.2, -0.15) is 5.10 Å². The van der Waals surface area contributed by atoms with Gasteiger partial charge in [0.2, 0.25) is 0 Å². The van der Waals surface area contributed by atoms with Crippen LogP contribution in [0, 0.1) is 6.92 Å². The van der Waals surface area contributed by atoms with Crippen molar-refractivity contribution in [1.29, 1.82) is 0 Å². The molecule has 0 aliphatic heterocycles. The summed E-state index contributed by atoms with van der Waals surface area (Å²) in [6, 6.07) is 0.273. The fourth-order valence-electron chi connectivity index (χ4n) is 2.12. The van der Waals surface area contributed by atoms with Crippen LogP contribution in [0.25, 0.3) is 0 Å². The lowest BCUT2D eigenvalue weighted by atomic mass is 10.3. The molecule has 6 heteroatoms. The number of rotatable bonds is 4. The van der Waals surface area contributed by atoms with E-state index in [1.165, 1.54) is 0 Å². The highest BCUT2D eigenvalue weighted by molar-refractivity contribution is 5.66. The first kappa shape index (κ1) is 13.5. The summed E-state index contributed by atoms with van der Waals surface area (Å²) in [6.45, 7) is 6.84. The van der Waals surface area contributed by atoms with Crippen molar-refractivity contribution in [2.24, 2.45) is 7.05 Å². The SMILES string of the molecule is Cc1nn(C(C)C)c(N(C)Cc2nccn2C)c1N. The van der Waals surface area contributed by atoms with E-state index in [-0.39, 0.29) is 6.04 Å². The highest BCUT2D eigenvalue weighted by Gasteiger charge is 2.19. The Morgan fingerprint density at radius 2 is 2.11 bits per heavy atom. The number of hydrogen-bond acceptors (Lipinski definition) is 4. The van der Waals surface area contributed by atoms with E-state index in [1.54, 1.807) is 6.20 Å². The molecule has 2 rings (SSSR count). The average molecular weight is 262 g/mol. The quantitative estimate of drug-likeness (QED) is 0.911. The molecule has 2 aromatic heterocycles. The zero-order valence-electron chi connectivity index (χ0n) is 12.3. The van der Waals surface area contributed by atoms with Gasteiger partial charge in [-0.25, -0.2) is 9.67 Å². The van der Waals surface area contributed by atoms with Gasteiger partial charge in [0.05, 0.1) is 17.9 Å². The highest BCUT2D eigenvalue weighted by atomic mass is 15.4. The third-order valence-corrected chi connectivity index (χ3v) is 3.26. The van der Waals surface area contributed by atoms with Crippen LogP contribution >= 0.6 is 0 Å². The Hall–Kier alpha value is -1.98. The number of aryl methyl sites for hydroxylation is 2. The van der Waals surface area contributed by atoms with Crippen molar-refractivity contribution in [2.45, 2.75) is 33.4 Å². The summed E-state index contributed by atoms with van der Waals surface area (Å²) in [5, 5.41) is 4.51. The minimum Gasteiger partial charge on any atom is -0.394 e. The zero-order chi connectivity index (χ0) is 14.2. The largest absolute Gasteiger partial charge is 0.394 e. The van der Waals surface area contributed by atoms with Crippen LogP contribution in [0.1, 0.15) is 31.4 Å². The van der Waals surface area contributed by atoms with Gasteiger partial charge in [0.25, 0.3) is 0 Å². The predicted molar refractivity (Wildman–Crippen MR) is 77.1 cm³/mol. The Morgan fingerprint density at radius 3 is 2.63 bits per heavy atom. The molecule has 0 atom stereocenters. The molecule has 2 N–H and O–H groups in total. The lowest BCUT2D eigenvalue weighted by molar-refractivity contribution is 0.524. The van der Waals surface area contributed by atoms with Gasteiger partial charge in [-0.05, 0) is 20.8 Å². The van der Waals surface area contributed by atoms with E-state index in [2.05, 4.69) is 28.8 Å². The molecule has 6 nitrogen and oxygen atoms in total. The van der Waals surface area contributed by atoms with Gasteiger partial charge >= 0.3 is 0 Å².